The topological polar surface area (TPSA) is 38.3 Å². The molecule has 1 amide bonds. The van der Waals surface area contributed by atoms with Crippen LogP contribution in [0.25, 0.3) is 0 Å². The summed E-state index contributed by atoms with van der Waals surface area (Å²) in [6.45, 7) is 4.25. The fourth-order valence-electron chi connectivity index (χ4n) is 2.27. The Morgan fingerprint density at radius 3 is 2.75 bits per heavy atom. The largest absolute Gasteiger partial charge is 0.382 e. The minimum Gasteiger partial charge on any atom is -0.382 e. The van der Waals surface area contributed by atoms with E-state index >= 15 is 0 Å². The predicted molar refractivity (Wildman–Crippen MR) is 65.3 cm³/mol. The third kappa shape index (κ3) is 6.11. The lowest BCUT2D eigenvalue weighted by molar-refractivity contribution is -0.122. The lowest BCUT2D eigenvalue weighted by Crippen LogP contribution is -2.27. The third-order valence-corrected chi connectivity index (χ3v) is 3.19. The second-order valence-corrected chi connectivity index (χ2v) is 4.61. The van der Waals surface area contributed by atoms with E-state index in [2.05, 4.69) is 5.32 Å². The average molecular weight is 227 g/mol. The summed E-state index contributed by atoms with van der Waals surface area (Å²) in [6.07, 6.45) is 8.11. The molecule has 3 nitrogen and oxygen atoms in total. The Kier molecular flexibility index (Phi) is 7.23. The second-order valence-electron chi connectivity index (χ2n) is 4.61. The number of carbonyl (C=O) groups is 1. The highest BCUT2D eigenvalue weighted by Gasteiger charge is 2.16. The third-order valence-electron chi connectivity index (χ3n) is 3.19. The lowest BCUT2D eigenvalue weighted by Gasteiger charge is -2.20. The van der Waals surface area contributed by atoms with Crippen molar-refractivity contribution < 1.29 is 9.53 Å². The Morgan fingerprint density at radius 2 is 2.06 bits per heavy atom. The van der Waals surface area contributed by atoms with Crippen LogP contribution in [0.2, 0.25) is 0 Å². The summed E-state index contributed by atoms with van der Waals surface area (Å²) in [5, 5.41) is 2.97. The predicted octanol–water partition coefficient (Wildman–Crippen LogP) is 2.50. The molecule has 0 radical (unpaired) electrons. The van der Waals surface area contributed by atoms with Crippen LogP contribution in [0.15, 0.2) is 0 Å². The molecule has 0 spiro atoms. The van der Waals surface area contributed by atoms with Gasteiger partial charge in [0.2, 0.25) is 5.91 Å². The number of hydrogen-bond donors (Lipinski definition) is 1. The van der Waals surface area contributed by atoms with Gasteiger partial charge in [-0.1, -0.05) is 19.3 Å². The van der Waals surface area contributed by atoms with Crippen LogP contribution in [-0.4, -0.2) is 25.7 Å². The lowest BCUT2D eigenvalue weighted by atomic mass is 9.87. The van der Waals surface area contributed by atoms with Gasteiger partial charge in [-0.3, -0.25) is 4.79 Å². The molecule has 1 aliphatic rings. The minimum atomic E-state index is 0.225. The first-order valence-corrected chi connectivity index (χ1v) is 6.67. The van der Waals surface area contributed by atoms with E-state index in [1.54, 1.807) is 0 Å². The van der Waals surface area contributed by atoms with Crippen LogP contribution in [0.5, 0.6) is 0 Å². The maximum atomic E-state index is 11.6. The normalized spacial score (nSPS) is 17.3. The van der Waals surface area contributed by atoms with Crippen LogP contribution >= 0.6 is 0 Å². The number of nitrogens with one attached hydrogen (secondary N) is 1. The van der Waals surface area contributed by atoms with Crippen molar-refractivity contribution >= 4 is 5.91 Å². The van der Waals surface area contributed by atoms with Gasteiger partial charge in [0, 0.05) is 26.2 Å². The van der Waals surface area contributed by atoms with Crippen LogP contribution in [0.1, 0.15) is 51.9 Å². The molecule has 1 saturated carbocycles. The molecule has 0 aromatic heterocycles. The van der Waals surface area contributed by atoms with Gasteiger partial charge in [-0.15, -0.1) is 0 Å². The van der Waals surface area contributed by atoms with E-state index in [0.717, 1.165) is 32.6 Å². The second kappa shape index (κ2) is 8.57. The molecular formula is C13H25NO2. The summed E-state index contributed by atoms with van der Waals surface area (Å²) in [7, 11) is 0. The van der Waals surface area contributed by atoms with Crippen LogP contribution in [-0.2, 0) is 9.53 Å². The van der Waals surface area contributed by atoms with Crippen LogP contribution in [0.4, 0.5) is 0 Å². The van der Waals surface area contributed by atoms with Crippen molar-refractivity contribution in [1.29, 1.82) is 0 Å². The molecule has 0 saturated heterocycles. The van der Waals surface area contributed by atoms with E-state index in [4.69, 9.17) is 4.74 Å². The van der Waals surface area contributed by atoms with E-state index in [-0.39, 0.29) is 5.91 Å². The average Bonchev–Trinajstić information content (AvgIpc) is 2.30. The maximum Gasteiger partial charge on any atom is 0.220 e. The van der Waals surface area contributed by atoms with Gasteiger partial charge in [-0.25, -0.2) is 0 Å². The Balaban J connectivity index is 1.97. The molecule has 1 N–H and O–H groups in total. The molecule has 1 rings (SSSR count). The van der Waals surface area contributed by atoms with E-state index in [0.29, 0.717) is 5.92 Å². The van der Waals surface area contributed by atoms with Crippen molar-refractivity contribution in [1.82, 2.24) is 5.32 Å². The van der Waals surface area contributed by atoms with Crippen molar-refractivity contribution in [3.63, 3.8) is 0 Å². The van der Waals surface area contributed by atoms with E-state index < -0.39 is 0 Å². The molecule has 0 heterocycles. The van der Waals surface area contributed by atoms with Crippen molar-refractivity contribution in [2.75, 3.05) is 19.8 Å². The minimum absolute atomic E-state index is 0.225. The molecule has 1 fully saturated rings. The molecule has 94 valence electrons. The van der Waals surface area contributed by atoms with E-state index in [9.17, 15) is 4.79 Å². The van der Waals surface area contributed by atoms with Gasteiger partial charge in [0.25, 0.3) is 0 Å². The summed E-state index contributed by atoms with van der Waals surface area (Å²) in [6, 6.07) is 0. The number of rotatable bonds is 7. The van der Waals surface area contributed by atoms with Gasteiger partial charge in [0.05, 0.1) is 0 Å². The van der Waals surface area contributed by atoms with Gasteiger partial charge < -0.3 is 10.1 Å². The fraction of sp³-hybridized carbons (Fsp3) is 0.923. The first-order valence-electron chi connectivity index (χ1n) is 6.67. The summed E-state index contributed by atoms with van der Waals surface area (Å²) in [4.78, 5) is 11.6. The molecule has 3 heteroatoms. The fourth-order valence-corrected chi connectivity index (χ4v) is 2.27. The monoisotopic (exact) mass is 227 g/mol. The molecule has 0 aliphatic heterocycles. The van der Waals surface area contributed by atoms with Crippen molar-refractivity contribution in [3.05, 3.63) is 0 Å². The smallest absolute Gasteiger partial charge is 0.220 e. The highest BCUT2D eigenvalue weighted by molar-refractivity contribution is 5.76. The molecule has 0 aromatic rings. The van der Waals surface area contributed by atoms with Crippen molar-refractivity contribution in [2.24, 2.45) is 5.92 Å². The highest BCUT2D eigenvalue weighted by Crippen LogP contribution is 2.25. The maximum absolute atomic E-state index is 11.6. The van der Waals surface area contributed by atoms with Crippen molar-refractivity contribution in [2.45, 2.75) is 51.9 Å². The Bertz CT molecular complexity index is 188. The molecule has 0 aromatic carbocycles. The quantitative estimate of drug-likeness (QED) is 0.679. The van der Waals surface area contributed by atoms with Gasteiger partial charge >= 0.3 is 0 Å². The highest BCUT2D eigenvalue weighted by atomic mass is 16.5. The Hall–Kier alpha value is -0.570. The Morgan fingerprint density at radius 1 is 1.31 bits per heavy atom. The van der Waals surface area contributed by atoms with Gasteiger partial charge in [-0.2, -0.15) is 0 Å². The van der Waals surface area contributed by atoms with Gasteiger partial charge in [-0.05, 0) is 32.1 Å². The number of carbonyl (C=O) groups excluding carboxylic acids is 1. The van der Waals surface area contributed by atoms with E-state index in [1.807, 2.05) is 6.92 Å². The number of hydrogen-bond acceptors (Lipinski definition) is 2. The number of amides is 1. The van der Waals surface area contributed by atoms with Gasteiger partial charge in [0.1, 0.15) is 0 Å². The SMILES string of the molecule is CCOCCCNC(=O)CC1CCCCC1. The summed E-state index contributed by atoms with van der Waals surface area (Å²) in [5.74, 6) is 0.865. The molecule has 1 aliphatic carbocycles. The number of ether oxygens (including phenoxy) is 1. The van der Waals surface area contributed by atoms with Crippen LogP contribution in [0.3, 0.4) is 0 Å². The summed E-state index contributed by atoms with van der Waals surface area (Å²) < 4.78 is 5.21. The first kappa shape index (κ1) is 13.5. The molecule has 16 heavy (non-hydrogen) atoms. The zero-order valence-electron chi connectivity index (χ0n) is 10.5. The molecule has 0 unspecified atom stereocenters. The van der Waals surface area contributed by atoms with Crippen LogP contribution < -0.4 is 5.32 Å². The summed E-state index contributed by atoms with van der Waals surface area (Å²) >= 11 is 0. The zero-order chi connectivity index (χ0) is 11.6. The molecule has 0 atom stereocenters. The first-order chi connectivity index (χ1) is 7.83. The zero-order valence-corrected chi connectivity index (χ0v) is 10.5. The van der Waals surface area contributed by atoms with E-state index in [1.165, 1.54) is 32.1 Å². The summed E-state index contributed by atoms with van der Waals surface area (Å²) in [5.41, 5.74) is 0. The van der Waals surface area contributed by atoms with Crippen molar-refractivity contribution in [3.8, 4) is 0 Å². The van der Waals surface area contributed by atoms with Gasteiger partial charge in [0.15, 0.2) is 0 Å². The standard InChI is InChI=1S/C13H25NO2/c1-2-16-10-6-9-14-13(15)11-12-7-4-3-5-8-12/h12H,2-11H2,1H3,(H,14,15). The molecular weight excluding hydrogens is 202 g/mol. The van der Waals surface area contributed by atoms with Crippen LogP contribution in [0, 0.1) is 5.92 Å². The Labute approximate surface area is 98.9 Å². The molecule has 0 bridgehead atoms.